The number of nitrogens with zero attached hydrogens (tertiary/aromatic N) is 3. The van der Waals surface area contributed by atoms with E-state index < -0.39 is 18.0 Å². The summed E-state index contributed by atoms with van der Waals surface area (Å²) in [5.74, 6) is -0.360. The maximum Gasteiger partial charge on any atom is 0.410 e. The molecule has 3 amide bonds. The lowest BCUT2D eigenvalue weighted by Crippen LogP contribution is -2.43. The van der Waals surface area contributed by atoms with Crippen LogP contribution in [-0.4, -0.2) is 63.1 Å². The van der Waals surface area contributed by atoms with Gasteiger partial charge in [0.2, 0.25) is 5.91 Å². The van der Waals surface area contributed by atoms with Crippen LogP contribution in [0.15, 0.2) is 124 Å². The first-order chi connectivity index (χ1) is 27.1. The van der Waals surface area contributed by atoms with Gasteiger partial charge in [-0.25, -0.2) is 14.6 Å². The largest absolute Gasteiger partial charge is 0.445 e. The Labute approximate surface area is 355 Å². The fraction of sp³-hybridized carbons (Fsp3) is 0.262. The van der Waals surface area contributed by atoms with Crippen molar-refractivity contribution in [2.45, 2.75) is 51.0 Å². The number of Topliss-reactive ketones (excluding diaryl/α,β-unsaturated/α-hetero) is 1. The Morgan fingerprint density at radius 1 is 0.714 bits per heavy atom. The Bertz CT molecular complexity index is 2040. The van der Waals surface area contributed by atoms with Crippen LogP contribution in [0.2, 0.25) is 0 Å². The predicted molar refractivity (Wildman–Crippen MR) is 228 cm³/mol. The average molecular weight is 970 g/mol. The number of rotatable bonds is 9. The van der Waals surface area contributed by atoms with Crippen LogP contribution in [-0.2, 0) is 27.5 Å². The molecule has 2 saturated heterocycles. The third kappa shape index (κ3) is 12.6. The molecule has 7 rings (SSSR count). The topological polar surface area (TPSA) is 132 Å². The molecule has 2 atom stereocenters. The first-order valence-corrected chi connectivity index (χ1v) is 21.5. The Morgan fingerprint density at radius 3 is 1.79 bits per heavy atom. The zero-order chi connectivity index (χ0) is 39.9. The summed E-state index contributed by atoms with van der Waals surface area (Å²) in [5, 5.41) is 1.36. The van der Waals surface area contributed by atoms with Crippen molar-refractivity contribution in [3.8, 4) is 10.4 Å². The quantitative estimate of drug-likeness (QED) is 0.115. The highest BCUT2D eigenvalue weighted by molar-refractivity contribution is 9.10. The normalized spacial score (nSPS) is 15.8. The summed E-state index contributed by atoms with van der Waals surface area (Å²) in [4.78, 5) is 55.6. The molecule has 292 valence electrons. The number of hydrogen-bond donors (Lipinski definition) is 1. The third-order valence-corrected chi connectivity index (χ3v) is 11.7. The number of carbonyl (C=O) groups is 4. The molecule has 4 aromatic carbocycles. The van der Waals surface area contributed by atoms with Crippen LogP contribution in [0.25, 0.3) is 10.4 Å². The minimum Gasteiger partial charge on any atom is -0.445 e. The number of primary amides is 1. The average Bonchev–Trinajstić information content (AvgIpc) is 4.03. The van der Waals surface area contributed by atoms with Gasteiger partial charge in [0.05, 0.1) is 16.2 Å². The third-order valence-electron chi connectivity index (χ3n) is 8.94. The molecule has 0 aliphatic carbocycles. The summed E-state index contributed by atoms with van der Waals surface area (Å²) in [6.45, 7) is 1.75. The zero-order valence-electron chi connectivity index (χ0n) is 30.4. The second-order valence-electron chi connectivity index (χ2n) is 12.8. The van der Waals surface area contributed by atoms with Crippen LogP contribution in [0.5, 0.6) is 0 Å². The van der Waals surface area contributed by atoms with Gasteiger partial charge in [-0.3, -0.25) is 19.4 Å². The molecule has 56 heavy (non-hydrogen) atoms. The molecule has 2 fully saturated rings. The van der Waals surface area contributed by atoms with Gasteiger partial charge in [-0.2, -0.15) is 0 Å². The number of benzene rings is 4. The summed E-state index contributed by atoms with van der Waals surface area (Å²) >= 11 is 11.5. The first-order valence-electron chi connectivity index (χ1n) is 17.9. The van der Waals surface area contributed by atoms with Crippen LogP contribution in [0.4, 0.5) is 9.59 Å². The number of halogens is 3. The molecule has 3 heterocycles. The Balaban J connectivity index is 0.000000178. The molecule has 0 saturated carbocycles. The van der Waals surface area contributed by atoms with Gasteiger partial charge in [-0.1, -0.05) is 133 Å². The van der Waals surface area contributed by atoms with Gasteiger partial charge in [-0.15, -0.1) is 11.3 Å². The Morgan fingerprint density at radius 2 is 1.23 bits per heavy atom. The van der Waals surface area contributed by atoms with Gasteiger partial charge in [0.15, 0.2) is 5.78 Å². The Kier molecular flexibility index (Phi) is 16.7. The number of amides is 3. The summed E-state index contributed by atoms with van der Waals surface area (Å²) < 4.78 is 12.7. The highest BCUT2D eigenvalue weighted by Gasteiger charge is 2.34. The first kappa shape index (κ1) is 42.8. The van der Waals surface area contributed by atoms with E-state index in [0.717, 1.165) is 60.3 Å². The van der Waals surface area contributed by atoms with Crippen molar-refractivity contribution in [3.05, 3.63) is 146 Å². The fourth-order valence-corrected chi connectivity index (χ4v) is 7.95. The molecule has 0 unspecified atom stereocenters. The summed E-state index contributed by atoms with van der Waals surface area (Å²) in [6, 6.07) is 34.2. The van der Waals surface area contributed by atoms with E-state index in [4.69, 9.17) is 15.2 Å². The van der Waals surface area contributed by atoms with Gasteiger partial charge in [0.25, 0.3) is 0 Å². The molecular formula is C42H41Br3N4O6S. The monoisotopic (exact) mass is 966 g/mol. The number of hydrogen-bond acceptors (Lipinski definition) is 8. The van der Waals surface area contributed by atoms with Crippen LogP contribution in [0.3, 0.4) is 0 Å². The van der Waals surface area contributed by atoms with Crippen LogP contribution in [0.1, 0.15) is 58.2 Å². The molecular weight excluding hydrogens is 928 g/mol. The molecule has 0 radical (unpaired) electrons. The van der Waals surface area contributed by atoms with Crippen molar-refractivity contribution < 1.29 is 28.7 Å². The minimum atomic E-state index is -0.520. The summed E-state index contributed by atoms with van der Waals surface area (Å²) in [7, 11) is 0. The van der Waals surface area contributed by atoms with E-state index in [9.17, 15) is 19.2 Å². The molecule has 2 aliphatic rings. The lowest BCUT2D eigenvalue weighted by molar-refractivity contribution is -0.121. The number of carbonyl (C=O) groups excluding carboxylic acids is 4. The van der Waals surface area contributed by atoms with Crippen molar-refractivity contribution in [2.75, 3.05) is 18.4 Å². The number of ether oxygens (including phenoxy) is 2. The molecule has 0 bridgehead atoms. The second kappa shape index (κ2) is 21.8. The molecule has 1 aromatic heterocycles. The van der Waals surface area contributed by atoms with Gasteiger partial charge < -0.3 is 15.2 Å². The Hall–Kier alpha value is -4.37. The molecule has 14 heteroatoms. The highest BCUT2D eigenvalue weighted by Crippen LogP contribution is 2.37. The lowest BCUT2D eigenvalue weighted by Gasteiger charge is -2.22. The van der Waals surface area contributed by atoms with E-state index in [1.54, 1.807) is 23.5 Å². The van der Waals surface area contributed by atoms with Crippen LogP contribution >= 0.6 is 59.1 Å². The molecule has 5 aromatic rings. The zero-order valence-corrected chi connectivity index (χ0v) is 36.0. The fourth-order valence-electron chi connectivity index (χ4n) is 6.03. The van der Waals surface area contributed by atoms with Crippen molar-refractivity contribution >= 4 is 83.0 Å². The van der Waals surface area contributed by atoms with Gasteiger partial charge in [-0.05, 0) is 66.6 Å². The number of aromatic nitrogens is 1. The van der Waals surface area contributed by atoms with Crippen molar-refractivity contribution in [3.63, 3.8) is 0 Å². The summed E-state index contributed by atoms with van der Waals surface area (Å²) in [6.07, 6.45) is 4.46. The maximum absolute atomic E-state index is 12.6. The lowest BCUT2D eigenvalue weighted by atomic mass is 10.2. The van der Waals surface area contributed by atoms with Gasteiger partial charge in [0.1, 0.15) is 24.3 Å². The standard InChI is InChI=1S/C21H19BrN2O2S.C13H16N2O3.C8H6Br2O/c22-17-10-8-16(9-11-17)19-13-23-20(27-19)18-7-4-12-24(18)21(25)26-14-15-5-2-1-3-6-15;14-12(16)11-7-4-8-15(11)13(17)18-9-10-5-2-1-3-6-10;9-5-8(11)6-1-3-7(10)4-2-6/h1-3,5-6,8-11,13,18H,4,7,12,14H2;1-3,5-6,11H,4,7-9H2,(H2,14,16);1-4H,5H2/t18-;11-;/m00./s1. The molecule has 10 nitrogen and oxygen atoms in total. The van der Waals surface area contributed by atoms with E-state index in [-0.39, 0.29) is 24.5 Å². The van der Waals surface area contributed by atoms with E-state index in [2.05, 4.69) is 64.9 Å². The van der Waals surface area contributed by atoms with Crippen molar-refractivity contribution in [2.24, 2.45) is 5.73 Å². The van der Waals surface area contributed by atoms with Crippen LogP contribution in [0, 0.1) is 0 Å². The van der Waals surface area contributed by atoms with E-state index in [0.29, 0.717) is 31.4 Å². The minimum absolute atomic E-state index is 0.00229. The molecule has 2 N–H and O–H groups in total. The van der Waals surface area contributed by atoms with Crippen molar-refractivity contribution in [1.82, 2.24) is 14.8 Å². The smallest absolute Gasteiger partial charge is 0.410 e. The van der Waals surface area contributed by atoms with E-state index >= 15 is 0 Å². The predicted octanol–water partition coefficient (Wildman–Crippen LogP) is 10.3. The van der Waals surface area contributed by atoms with E-state index in [1.165, 1.54) is 4.90 Å². The number of alkyl halides is 1. The molecule has 0 spiro atoms. The number of nitrogens with two attached hydrogens (primary N) is 1. The maximum atomic E-state index is 12.6. The second-order valence-corrected chi connectivity index (χ2v) is 16.3. The summed E-state index contributed by atoms with van der Waals surface area (Å²) in [5.41, 5.74) is 9.03. The van der Waals surface area contributed by atoms with Crippen molar-refractivity contribution in [1.29, 1.82) is 0 Å². The van der Waals surface area contributed by atoms with Crippen LogP contribution < -0.4 is 5.73 Å². The molecule has 2 aliphatic heterocycles. The van der Waals surface area contributed by atoms with E-state index in [1.807, 2.05) is 96.0 Å². The van der Waals surface area contributed by atoms with Gasteiger partial charge >= 0.3 is 12.2 Å². The highest BCUT2D eigenvalue weighted by atomic mass is 79.9. The van der Waals surface area contributed by atoms with Gasteiger partial charge in [0, 0.05) is 33.8 Å². The number of likely N-dealkylation sites (tertiary alicyclic amines) is 2. The number of ketones is 1. The number of thiazole rings is 1. The SMILES string of the molecule is NC(=O)[C@@H]1CCCN1C(=O)OCc1ccccc1.O=C(CBr)c1ccc(Br)cc1.O=C(OCc1ccccc1)N1CCC[C@H]1c1ncc(-c2ccc(Br)cc2)s1.